The first-order valence-corrected chi connectivity index (χ1v) is 6.02. The summed E-state index contributed by atoms with van der Waals surface area (Å²) in [7, 11) is 1.08. The van der Waals surface area contributed by atoms with Crippen LogP contribution in [0.15, 0.2) is 12.1 Å². The van der Waals surface area contributed by atoms with Crippen LogP contribution in [-0.4, -0.2) is 35.6 Å². The molecule has 11 heteroatoms. The van der Waals surface area contributed by atoms with Gasteiger partial charge >= 0.3 is 17.6 Å². The lowest BCUT2D eigenvalue weighted by atomic mass is 10.00. The van der Waals surface area contributed by atoms with Gasteiger partial charge in [0.25, 0.3) is 0 Å². The molecule has 0 unspecified atom stereocenters. The average molecular weight is 357 g/mol. The molecule has 130 valence electrons. The molecular formula is C12H15ClF2N2O6. The average Bonchev–Trinajstić information content (AvgIpc) is 2.46. The largest absolute Gasteiger partial charge is 0.500 e. The molecule has 0 saturated carbocycles. The molecule has 0 spiro atoms. The number of nitro groups is 1. The molecule has 0 bridgehead atoms. The van der Waals surface area contributed by atoms with E-state index in [0.717, 1.165) is 13.2 Å². The molecule has 0 fully saturated rings. The molecule has 0 aliphatic heterocycles. The summed E-state index contributed by atoms with van der Waals surface area (Å²) in [5.41, 5.74) is 4.01. The Morgan fingerprint density at radius 3 is 2.52 bits per heavy atom. The molecule has 0 aromatic heterocycles. The number of hydrogen-bond acceptors (Lipinski definition) is 7. The lowest BCUT2D eigenvalue weighted by Crippen LogP contribution is -2.41. The molecule has 0 amide bonds. The quantitative estimate of drug-likeness (QED) is 0.453. The van der Waals surface area contributed by atoms with Crippen molar-refractivity contribution in [2.45, 2.75) is 18.9 Å². The van der Waals surface area contributed by atoms with E-state index in [1.807, 2.05) is 0 Å². The van der Waals surface area contributed by atoms with Crippen LogP contribution in [0.2, 0.25) is 0 Å². The van der Waals surface area contributed by atoms with Crippen LogP contribution in [0.25, 0.3) is 0 Å². The third-order valence-corrected chi connectivity index (χ3v) is 2.79. The number of ether oxygens (including phenoxy) is 2. The highest BCUT2D eigenvalue weighted by Crippen LogP contribution is 2.41. The van der Waals surface area contributed by atoms with E-state index in [0.29, 0.717) is 6.07 Å². The molecule has 23 heavy (non-hydrogen) atoms. The van der Waals surface area contributed by atoms with Crippen LogP contribution in [0.5, 0.6) is 11.5 Å². The summed E-state index contributed by atoms with van der Waals surface area (Å²) in [5.74, 6) is -7.20. The van der Waals surface area contributed by atoms with E-state index in [4.69, 9.17) is 5.73 Å². The van der Waals surface area contributed by atoms with Crippen molar-refractivity contribution >= 4 is 24.1 Å². The van der Waals surface area contributed by atoms with Crippen molar-refractivity contribution in [2.24, 2.45) is 5.73 Å². The molecule has 1 atom stereocenters. The molecule has 8 nitrogen and oxygen atoms in total. The SMILES string of the molecule is CCOC(=O)C(F)(F)[C@@H](N)c1cc(OC)c(O)c([N+](=O)[O-])c1.Cl. The van der Waals surface area contributed by atoms with Gasteiger partial charge < -0.3 is 20.3 Å². The Morgan fingerprint density at radius 2 is 2.09 bits per heavy atom. The second kappa shape index (κ2) is 7.88. The van der Waals surface area contributed by atoms with E-state index in [9.17, 15) is 28.8 Å². The fraction of sp³-hybridized carbons (Fsp3) is 0.417. The molecular weight excluding hydrogens is 342 g/mol. The number of phenols is 1. The van der Waals surface area contributed by atoms with E-state index in [2.05, 4.69) is 9.47 Å². The minimum Gasteiger partial charge on any atom is -0.500 e. The van der Waals surface area contributed by atoms with Crippen molar-refractivity contribution in [2.75, 3.05) is 13.7 Å². The normalized spacial score (nSPS) is 12.0. The fourth-order valence-corrected chi connectivity index (χ4v) is 1.65. The van der Waals surface area contributed by atoms with E-state index in [1.54, 1.807) is 0 Å². The summed E-state index contributed by atoms with van der Waals surface area (Å²) >= 11 is 0. The molecule has 1 rings (SSSR count). The van der Waals surface area contributed by atoms with Crippen LogP contribution in [0.3, 0.4) is 0 Å². The lowest BCUT2D eigenvalue weighted by Gasteiger charge is -2.22. The monoisotopic (exact) mass is 356 g/mol. The van der Waals surface area contributed by atoms with Gasteiger partial charge in [0, 0.05) is 6.07 Å². The number of halogens is 3. The predicted octanol–water partition coefficient (Wildman–Crippen LogP) is 1.93. The maximum Gasteiger partial charge on any atom is 0.379 e. The molecule has 0 saturated heterocycles. The second-order valence-electron chi connectivity index (χ2n) is 4.17. The van der Waals surface area contributed by atoms with E-state index in [1.165, 1.54) is 6.92 Å². The smallest absolute Gasteiger partial charge is 0.379 e. The third kappa shape index (κ3) is 4.17. The van der Waals surface area contributed by atoms with Gasteiger partial charge in [-0.1, -0.05) is 0 Å². The minimum atomic E-state index is -4.11. The Balaban J connectivity index is 0.00000484. The summed E-state index contributed by atoms with van der Waals surface area (Å²) in [5, 5.41) is 20.4. The van der Waals surface area contributed by atoms with Crippen LogP contribution in [0.1, 0.15) is 18.5 Å². The summed E-state index contributed by atoms with van der Waals surface area (Å²) in [6.07, 6.45) is 0. The van der Waals surface area contributed by atoms with Gasteiger partial charge in [-0.15, -0.1) is 12.4 Å². The Labute approximate surface area is 135 Å². The zero-order valence-electron chi connectivity index (χ0n) is 12.1. The number of esters is 1. The summed E-state index contributed by atoms with van der Waals surface area (Å²) in [4.78, 5) is 21.1. The molecule has 0 aliphatic carbocycles. The van der Waals surface area contributed by atoms with Crippen LogP contribution in [-0.2, 0) is 9.53 Å². The van der Waals surface area contributed by atoms with E-state index < -0.39 is 45.6 Å². The number of methoxy groups -OCH3 is 1. The third-order valence-electron chi connectivity index (χ3n) is 2.79. The maximum absolute atomic E-state index is 13.9. The summed E-state index contributed by atoms with van der Waals surface area (Å²) < 4.78 is 36.7. The van der Waals surface area contributed by atoms with Crippen molar-refractivity contribution in [3.63, 3.8) is 0 Å². The number of phenolic OH excluding ortho intramolecular Hbond substituents is 1. The van der Waals surface area contributed by atoms with Crippen molar-refractivity contribution in [3.8, 4) is 11.5 Å². The van der Waals surface area contributed by atoms with Gasteiger partial charge in [-0.2, -0.15) is 8.78 Å². The fourth-order valence-electron chi connectivity index (χ4n) is 1.65. The van der Waals surface area contributed by atoms with Crippen LogP contribution in [0.4, 0.5) is 14.5 Å². The first kappa shape index (κ1) is 20.8. The van der Waals surface area contributed by atoms with Crippen molar-refractivity contribution in [1.29, 1.82) is 0 Å². The number of benzene rings is 1. The Bertz CT molecular complexity index is 599. The molecule has 1 aromatic rings. The predicted molar refractivity (Wildman–Crippen MR) is 77.1 cm³/mol. The minimum absolute atomic E-state index is 0. The standard InChI is InChI=1S/C12H14F2N2O6.ClH/c1-3-22-11(18)12(13,14)10(15)6-4-7(16(19)20)9(17)8(5-6)21-2;/h4-5,10,17H,3,15H2,1-2H3;1H/t10-;/m0./s1. The maximum atomic E-state index is 13.9. The number of carbonyl (C=O) groups is 1. The number of nitrogens with two attached hydrogens (primary N) is 1. The zero-order valence-corrected chi connectivity index (χ0v) is 12.9. The van der Waals surface area contributed by atoms with Gasteiger partial charge in [-0.25, -0.2) is 4.79 Å². The van der Waals surface area contributed by atoms with E-state index in [-0.39, 0.29) is 19.0 Å². The number of alkyl halides is 2. The van der Waals surface area contributed by atoms with Crippen molar-refractivity contribution in [1.82, 2.24) is 0 Å². The molecule has 0 heterocycles. The van der Waals surface area contributed by atoms with Gasteiger partial charge in [0.15, 0.2) is 5.75 Å². The molecule has 0 radical (unpaired) electrons. The number of hydrogen-bond donors (Lipinski definition) is 2. The summed E-state index contributed by atoms with van der Waals surface area (Å²) in [6.45, 7) is 1.06. The number of aromatic hydroxyl groups is 1. The number of nitrogens with zero attached hydrogens (tertiary/aromatic N) is 1. The first-order valence-electron chi connectivity index (χ1n) is 6.02. The van der Waals surface area contributed by atoms with Crippen LogP contribution in [0, 0.1) is 10.1 Å². The Kier molecular flexibility index (Phi) is 7.13. The van der Waals surface area contributed by atoms with Crippen LogP contribution >= 0.6 is 12.4 Å². The first-order chi connectivity index (χ1) is 10.2. The van der Waals surface area contributed by atoms with E-state index >= 15 is 0 Å². The molecule has 3 N–H and O–H groups in total. The topological polar surface area (TPSA) is 125 Å². The number of nitro benzene ring substituents is 1. The summed E-state index contributed by atoms with van der Waals surface area (Å²) in [6, 6.07) is -0.671. The lowest BCUT2D eigenvalue weighted by molar-refractivity contribution is -0.386. The van der Waals surface area contributed by atoms with Gasteiger partial charge in [0.05, 0.1) is 18.6 Å². The molecule has 0 aliphatic rings. The van der Waals surface area contributed by atoms with Crippen molar-refractivity contribution in [3.05, 3.63) is 27.8 Å². The zero-order chi connectivity index (χ0) is 17.1. The van der Waals surface area contributed by atoms with Gasteiger partial charge in [0.1, 0.15) is 6.04 Å². The van der Waals surface area contributed by atoms with Crippen molar-refractivity contribution < 1.29 is 33.1 Å². The highest BCUT2D eigenvalue weighted by Gasteiger charge is 2.48. The Morgan fingerprint density at radius 1 is 1.52 bits per heavy atom. The number of rotatable bonds is 6. The highest BCUT2D eigenvalue weighted by molar-refractivity contribution is 5.85. The van der Waals surface area contributed by atoms with Gasteiger partial charge in [0.2, 0.25) is 5.75 Å². The number of carbonyl (C=O) groups excluding carboxylic acids is 1. The Hall–Kier alpha value is -2.20. The van der Waals surface area contributed by atoms with Gasteiger partial charge in [-0.3, -0.25) is 10.1 Å². The molecule has 1 aromatic carbocycles. The highest BCUT2D eigenvalue weighted by atomic mass is 35.5. The second-order valence-corrected chi connectivity index (χ2v) is 4.17. The van der Waals surface area contributed by atoms with Crippen LogP contribution < -0.4 is 10.5 Å². The van der Waals surface area contributed by atoms with Gasteiger partial charge in [-0.05, 0) is 18.6 Å².